The quantitative estimate of drug-likeness (QED) is 0.571. The van der Waals surface area contributed by atoms with Crippen molar-refractivity contribution in [2.24, 2.45) is 11.7 Å². The Morgan fingerprint density at radius 1 is 1.47 bits per heavy atom. The summed E-state index contributed by atoms with van der Waals surface area (Å²) in [4.78, 5) is 2.34. The van der Waals surface area contributed by atoms with Gasteiger partial charge >= 0.3 is 0 Å². The molecule has 1 aromatic rings. The van der Waals surface area contributed by atoms with E-state index >= 15 is 0 Å². The highest BCUT2D eigenvalue weighted by Crippen LogP contribution is 2.29. The molecule has 0 radical (unpaired) electrons. The monoisotopic (exact) mass is 261 g/mol. The number of hydrogen-bond donors (Lipinski definition) is 3. The van der Waals surface area contributed by atoms with Crippen LogP contribution in [0.15, 0.2) is 30.3 Å². The van der Waals surface area contributed by atoms with Crippen LogP contribution >= 0.6 is 0 Å². The number of rotatable bonds is 4. The van der Waals surface area contributed by atoms with Crippen LogP contribution in [0.5, 0.6) is 0 Å². The van der Waals surface area contributed by atoms with E-state index in [4.69, 9.17) is 11.1 Å². The number of aliphatic hydroxyl groups is 1. The normalized spacial score (nSPS) is 26.0. The Balaban J connectivity index is 2.16. The minimum Gasteiger partial charge on any atom is -0.393 e. The van der Waals surface area contributed by atoms with Crippen molar-refractivity contribution in [3.63, 3.8) is 0 Å². The third-order valence-electron chi connectivity index (χ3n) is 3.93. The SMILES string of the molecule is CC1CN(C(CC(=N)N)c2ccccc2)CCC1O. The molecule has 0 spiro atoms. The van der Waals surface area contributed by atoms with Gasteiger partial charge in [-0.3, -0.25) is 10.3 Å². The zero-order valence-electron chi connectivity index (χ0n) is 11.4. The lowest BCUT2D eigenvalue weighted by Crippen LogP contribution is -2.44. The largest absolute Gasteiger partial charge is 0.393 e. The third-order valence-corrected chi connectivity index (χ3v) is 3.93. The van der Waals surface area contributed by atoms with Crippen LogP contribution in [0.2, 0.25) is 0 Å². The van der Waals surface area contributed by atoms with Crippen molar-refractivity contribution in [2.75, 3.05) is 13.1 Å². The molecule has 4 heteroatoms. The average molecular weight is 261 g/mol. The molecule has 1 aromatic carbocycles. The fourth-order valence-electron chi connectivity index (χ4n) is 2.79. The first-order chi connectivity index (χ1) is 9.08. The maximum Gasteiger partial charge on any atom is 0.0924 e. The number of hydrogen-bond acceptors (Lipinski definition) is 3. The molecule has 1 heterocycles. The highest BCUT2D eigenvalue weighted by Gasteiger charge is 2.29. The molecule has 4 nitrogen and oxygen atoms in total. The summed E-state index contributed by atoms with van der Waals surface area (Å²) >= 11 is 0. The van der Waals surface area contributed by atoms with Gasteiger partial charge in [-0.15, -0.1) is 0 Å². The topological polar surface area (TPSA) is 73.3 Å². The molecule has 4 N–H and O–H groups in total. The van der Waals surface area contributed by atoms with E-state index in [2.05, 4.69) is 24.0 Å². The lowest BCUT2D eigenvalue weighted by atomic mass is 9.92. The van der Waals surface area contributed by atoms with E-state index in [0.29, 0.717) is 6.42 Å². The van der Waals surface area contributed by atoms with Crippen molar-refractivity contribution in [3.8, 4) is 0 Å². The van der Waals surface area contributed by atoms with Gasteiger partial charge in [0.05, 0.1) is 11.9 Å². The molecule has 1 fully saturated rings. The van der Waals surface area contributed by atoms with Gasteiger partial charge in [0.1, 0.15) is 0 Å². The zero-order valence-corrected chi connectivity index (χ0v) is 11.4. The van der Waals surface area contributed by atoms with Crippen molar-refractivity contribution in [2.45, 2.75) is 31.9 Å². The summed E-state index contributed by atoms with van der Waals surface area (Å²) in [6.45, 7) is 3.79. The van der Waals surface area contributed by atoms with Gasteiger partial charge in [0.25, 0.3) is 0 Å². The molecule has 1 aliphatic rings. The molecule has 0 aliphatic carbocycles. The van der Waals surface area contributed by atoms with E-state index in [-0.39, 0.29) is 23.9 Å². The standard InChI is InChI=1S/C15H23N3O/c1-11-10-18(8-7-14(11)19)13(9-15(16)17)12-5-3-2-4-6-12/h2-6,11,13-14,19H,7-10H2,1H3,(H3,16,17). The summed E-state index contributed by atoms with van der Waals surface area (Å²) in [6, 6.07) is 10.4. The second kappa shape index (κ2) is 6.17. The summed E-state index contributed by atoms with van der Waals surface area (Å²) in [5, 5.41) is 17.4. The summed E-state index contributed by atoms with van der Waals surface area (Å²) in [6.07, 6.45) is 1.14. The number of nitrogens with two attached hydrogens (primary N) is 1. The number of aliphatic hydroxyl groups excluding tert-OH is 1. The van der Waals surface area contributed by atoms with Crippen molar-refractivity contribution in [3.05, 3.63) is 35.9 Å². The maximum absolute atomic E-state index is 9.84. The van der Waals surface area contributed by atoms with Crippen LogP contribution in [-0.4, -0.2) is 35.0 Å². The molecule has 19 heavy (non-hydrogen) atoms. The minimum absolute atomic E-state index is 0.147. The minimum atomic E-state index is -0.204. The lowest BCUT2D eigenvalue weighted by molar-refractivity contribution is 0.0178. The van der Waals surface area contributed by atoms with E-state index in [1.165, 1.54) is 5.56 Å². The molecule has 2 rings (SSSR count). The maximum atomic E-state index is 9.84. The number of amidine groups is 1. The van der Waals surface area contributed by atoms with Crippen LogP contribution in [0, 0.1) is 11.3 Å². The van der Waals surface area contributed by atoms with Gasteiger partial charge < -0.3 is 10.8 Å². The van der Waals surface area contributed by atoms with Crippen LogP contribution in [0.1, 0.15) is 31.4 Å². The number of benzene rings is 1. The van der Waals surface area contributed by atoms with E-state index < -0.39 is 0 Å². The van der Waals surface area contributed by atoms with Gasteiger partial charge in [-0.1, -0.05) is 37.3 Å². The van der Waals surface area contributed by atoms with Crippen LogP contribution in [-0.2, 0) is 0 Å². The Kier molecular flexibility index (Phi) is 4.56. The number of piperidine rings is 1. The molecule has 1 saturated heterocycles. The second-order valence-electron chi connectivity index (χ2n) is 5.48. The van der Waals surface area contributed by atoms with Gasteiger partial charge in [0, 0.05) is 25.6 Å². The van der Waals surface area contributed by atoms with Crippen molar-refractivity contribution < 1.29 is 5.11 Å². The van der Waals surface area contributed by atoms with Crippen molar-refractivity contribution in [1.82, 2.24) is 4.90 Å². The molecular weight excluding hydrogens is 238 g/mol. The molecule has 0 aromatic heterocycles. The molecule has 0 amide bonds. The molecule has 3 atom stereocenters. The van der Waals surface area contributed by atoms with Crippen LogP contribution in [0.3, 0.4) is 0 Å². The van der Waals surface area contributed by atoms with Gasteiger partial charge in [-0.05, 0) is 17.9 Å². The van der Waals surface area contributed by atoms with Gasteiger partial charge in [-0.25, -0.2) is 0 Å². The highest BCUT2D eigenvalue weighted by molar-refractivity contribution is 5.77. The summed E-state index contributed by atoms with van der Waals surface area (Å²) in [7, 11) is 0. The molecular formula is C15H23N3O. The summed E-state index contributed by atoms with van der Waals surface area (Å²) < 4.78 is 0. The van der Waals surface area contributed by atoms with Gasteiger partial charge in [0.2, 0.25) is 0 Å². The number of likely N-dealkylation sites (tertiary alicyclic amines) is 1. The summed E-state index contributed by atoms with van der Waals surface area (Å²) in [5.41, 5.74) is 6.80. The zero-order chi connectivity index (χ0) is 13.8. The second-order valence-corrected chi connectivity index (χ2v) is 5.48. The highest BCUT2D eigenvalue weighted by atomic mass is 16.3. The number of nitrogens with zero attached hydrogens (tertiary/aromatic N) is 1. The molecule has 1 aliphatic heterocycles. The van der Waals surface area contributed by atoms with E-state index in [1.54, 1.807) is 0 Å². The summed E-state index contributed by atoms with van der Waals surface area (Å²) in [5.74, 6) is 0.486. The Morgan fingerprint density at radius 3 is 2.74 bits per heavy atom. The Morgan fingerprint density at radius 2 is 2.16 bits per heavy atom. The molecule has 0 bridgehead atoms. The Labute approximate surface area is 114 Å². The fourth-order valence-corrected chi connectivity index (χ4v) is 2.79. The fraction of sp³-hybridized carbons (Fsp3) is 0.533. The van der Waals surface area contributed by atoms with Crippen LogP contribution in [0.25, 0.3) is 0 Å². The molecule has 104 valence electrons. The number of nitrogens with one attached hydrogen (secondary N) is 1. The van der Waals surface area contributed by atoms with E-state index in [0.717, 1.165) is 19.5 Å². The third kappa shape index (κ3) is 3.55. The van der Waals surface area contributed by atoms with E-state index in [9.17, 15) is 5.11 Å². The smallest absolute Gasteiger partial charge is 0.0924 e. The Hall–Kier alpha value is -1.39. The van der Waals surface area contributed by atoms with Crippen LogP contribution in [0.4, 0.5) is 0 Å². The first kappa shape index (κ1) is 14.0. The first-order valence-corrected chi connectivity index (χ1v) is 6.88. The lowest BCUT2D eigenvalue weighted by Gasteiger charge is -2.39. The van der Waals surface area contributed by atoms with Crippen molar-refractivity contribution >= 4 is 5.84 Å². The molecule has 3 unspecified atom stereocenters. The van der Waals surface area contributed by atoms with Gasteiger partial charge in [0.15, 0.2) is 0 Å². The predicted molar refractivity (Wildman–Crippen MR) is 77.1 cm³/mol. The first-order valence-electron chi connectivity index (χ1n) is 6.88. The predicted octanol–water partition coefficient (Wildman–Crippen LogP) is 1.76. The van der Waals surface area contributed by atoms with Gasteiger partial charge in [-0.2, -0.15) is 0 Å². The van der Waals surface area contributed by atoms with Crippen LogP contribution < -0.4 is 5.73 Å². The van der Waals surface area contributed by atoms with E-state index in [1.807, 2.05) is 18.2 Å². The average Bonchev–Trinajstić information content (AvgIpc) is 2.40. The Bertz CT molecular complexity index is 421. The van der Waals surface area contributed by atoms with Crippen molar-refractivity contribution in [1.29, 1.82) is 5.41 Å². The molecule has 0 saturated carbocycles.